The van der Waals surface area contributed by atoms with E-state index in [1.54, 1.807) is 7.11 Å². The van der Waals surface area contributed by atoms with Crippen molar-refractivity contribution in [1.29, 1.82) is 0 Å². The first-order valence-electron chi connectivity index (χ1n) is 8.77. The number of nitrogens with one attached hydrogen (secondary N) is 1. The summed E-state index contributed by atoms with van der Waals surface area (Å²) in [5.41, 5.74) is 2.19. The van der Waals surface area contributed by atoms with E-state index in [-0.39, 0.29) is 11.9 Å². The molecule has 0 fully saturated rings. The summed E-state index contributed by atoms with van der Waals surface area (Å²) in [6, 6.07) is 15.4. The number of hydrogen-bond acceptors (Lipinski definition) is 3. The summed E-state index contributed by atoms with van der Waals surface area (Å²) in [5, 5.41) is 3.02. The van der Waals surface area contributed by atoms with Crippen LogP contribution in [-0.2, 0) is 11.2 Å². The standard InChI is InChI=1S/C21H27NO3/c1-5-16-11-13-17(14-12-16)25-19(6-2)21(23)22-15(3)18-9-7-8-10-20(18)24-4/h7-15,19H,5-6H2,1-4H3,(H,22,23)/t15-,19+/m1/s1. The van der Waals surface area contributed by atoms with E-state index in [4.69, 9.17) is 9.47 Å². The number of carbonyl (C=O) groups is 1. The molecule has 0 spiro atoms. The van der Waals surface area contributed by atoms with Crippen LogP contribution in [0.2, 0.25) is 0 Å². The molecule has 0 aliphatic carbocycles. The van der Waals surface area contributed by atoms with Gasteiger partial charge in [-0.1, -0.05) is 44.2 Å². The summed E-state index contributed by atoms with van der Waals surface area (Å²) in [6.07, 6.45) is 1.05. The molecule has 0 heterocycles. The number of amides is 1. The van der Waals surface area contributed by atoms with E-state index in [2.05, 4.69) is 12.2 Å². The maximum atomic E-state index is 12.6. The van der Waals surface area contributed by atoms with Crippen LogP contribution in [0.5, 0.6) is 11.5 Å². The van der Waals surface area contributed by atoms with Gasteiger partial charge in [0.2, 0.25) is 0 Å². The second kappa shape index (κ2) is 9.11. The fourth-order valence-electron chi connectivity index (χ4n) is 2.70. The molecule has 134 valence electrons. The lowest BCUT2D eigenvalue weighted by Gasteiger charge is -2.22. The van der Waals surface area contributed by atoms with Crippen LogP contribution in [0, 0.1) is 0 Å². The molecule has 0 aromatic heterocycles. The maximum Gasteiger partial charge on any atom is 0.261 e. The average molecular weight is 341 g/mol. The van der Waals surface area contributed by atoms with Crippen LogP contribution in [0.15, 0.2) is 48.5 Å². The van der Waals surface area contributed by atoms with Crippen LogP contribution in [0.4, 0.5) is 0 Å². The van der Waals surface area contributed by atoms with Crippen molar-refractivity contribution >= 4 is 5.91 Å². The first kappa shape index (κ1) is 18.8. The topological polar surface area (TPSA) is 47.6 Å². The van der Waals surface area contributed by atoms with Gasteiger partial charge in [-0.05, 0) is 43.5 Å². The largest absolute Gasteiger partial charge is 0.496 e. The molecule has 0 radical (unpaired) electrons. The number of ether oxygens (including phenoxy) is 2. The monoisotopic (exact) mass is 341 g/mol. The number of hydrogen-bond donors (Lipinski definition) is 1. The van der Waals surface area contributed by atoms with Crippen LogP contribution >= 0.6 is 0 Å². The lowest BCUT2D eigenvalue weighted by Crippen LogP contribution is -2.39. The predicted octanol–water partition coefficient (Wildman–Crippen LogP) is 4.29. The lowest BCUT2D eigenvalue weighted by molar-refractivity contribution is -0.128. The fourth-order valence-corrected chi connectivity index (χ4v) is 2.70. The SMILES string of the molecule is CCc1ccc(O[C@@H](CC)C(=O)N[C@H](C)c2ccccc2OC)cc1. The molecular formula is C21H27NO3. The number of methoxy groups -OCH3 is 1. The van der Waals surface area contributed by atoms with Gasteiger partial charge >= 0.3 is 0 Å². The highest BCUT2D eigenvalue weighted by molar-refractivity contribution is 5.81. The average Bonchev–Trinajstić information content (AvgIpc) is 2.66. The van der Waals surface area contributed by atoms with E-state index in [9.17, 15) is 4.79 Å². The van der Waals surface area contributed by atoms with E-state index in [0.717, 1.165) is 17.7 Å². The van der Waals surface area contributed by atoms with Crippen LogP contribution in [0.25, 0.3) is 0 Å². The third kappa shape index (κ3) is 4.99. The molecule has 2 aromatic carbocycles. The van der Waals surface area contributed by atoms with Gasteiger partial charge in [0.25, 0.3) is 5.91 Å². The smallest absolute Gasteiger partial charge is 0.261 e. The normalized spacial score (nSPS) is 13.0. The Balaban J connectivity index is 2.03. The first-order chi connectivity index (χ1) is 12.1. The van der Waals surface area contributed by atoms with Gasteiger partial charge in [-0.2, -0.15) is 0 Å². The quantitative estimate of drug-likeness (QED) is 0.779. The van der Waals surface area contributed by atoms with Crippen molar-refractivity contribution in [3.05, 3.63) is 59.7 Å². The molecule has 25 heavy (non-hydrogen) atoms. The Hall–Kier alpha value is -2.49. The Kier molecular flexibility index (Phi) is 6.87. The molecule has 4 heteroatoms. The second-order valence-corrected chi connectivity index (χ2v) is 5.98. The summed E-state index contributed by atoms with van der Waals surface area (Å²) in [4.78, 5) is 12.6. The third-order valence-electron chi connectivity index (χ3n) is 4.24. The van der Waals surface area contributed by atoms with Crippen LogP contribution < -0.4 is 14.8 Å². The minimum absolute atomic E-state index is 0.125. The molecule has 0 bridgehead atoms. The number of carbonyl (C=O) groups excluding carboxylic acids is 1. The molecule has 2 aromatic rings. The summed E-state index contributed by atoms with van der Waals surface area (Å²) in [5.74, 6) is 1.35. The molecule has 2 rings (SSSR count). The molecule has 4 nitrogen and oxygen atoms in total. The molecule has 0 aliphatic heterocycles. The minimum atomic E-state index is -0.523. The highest BCUT2D eigenvalue weighted by atomic mass is 16.5. The van der Waals surface area contributed by atoms with Crippen molar-refractivity contribution in [2.24, 2.45) is 0 Å². The summed E-state index contributed by atoms with van der Waals surface area (Å²) >= 11 is 0. The van der Waals surface area contributed by atoms with Gasteiger partial charge in [0.15, 0.2) is 6.10 Å². The van der Waals surface area contributed by atoms with Crippen molar-refractivity contribution in [2.75, 3.05) is 7.11 Å². The predicted molar refractivity (Wildman–Crippen MR) is 100 cm³/mol. The van der Waals surface area contributed by atoms with Gasteiger partial charge in [0, 0.05) is 5.56 Å². The Bertz CT molecular complexity index is 682. The summed E-state index contributed by atoms with van der Waals surface area (Å²) < 4.78 is 11.2. The molecule has 0 unspecified atom stereocenters. The van der Waals surface area contributed by atoms with Crippen molar-refractivity contribution in [3.8, 4) is 11.5 Å². The molecule has 0 saturated heterocycles. The molecule has 1 N–H and O–H groups in total. The summed E-state index contributed by atoms with van der Waals surface area (Å²) in [6.45, 7) is 5.99. The van der Waals surface area contributed by atoms with E-state index >= 15 is 0 Å². The van der Waals surface area contributed by atoms with Crippen LogP contribution in [-0.4, -0.2) is 19.1 Å². The van der Waals surface area contributed by atoms with Gasteiger partial charge in [-0.3, -0.25) is 4.79 Å². The number of para-hydroxylation sites is 1. The van der Waals surface area contributed by atoms with E-state index in [1.807, 2.05) is 62.4 Å². The molecule has 1 amide bonds. The summed E-state index contributed by atoms with van der Waals surface area (Å²) in [7, 11) is 1.63. The highest BCUT2D eigenvalue weighted by Gasteiger charge is 2.21. The number of rotatable bonds is 8. The number of benzene rings is 2. The zero-order chi connectivity index (χ0) is 18.2. The Morgan fingerprint density at radius 3 is 2.36 bits per heavy atom. The third-order valence-corrected chi connectivity index (χ3v) is 4.24. The van der Waals surface area contributed by atoms with E-state index < -0.39 is 6.10 Å². The Labute approximate surface area is 150 Å². The minimum Gasteiger partial charge on any atom is -0.496 e. The highest BCUT2D eigenvalue weighted by Crippen LogP contribution is 2.24. The number of aryl methyl sites for hydroxylation is 1. The van der Waals surface area contributed by atoms with E-state index in [1.165, 1.54) is 5.56 Å². The van der Waals surface area contributed by atoms with Gasteiger partial charge in [-0.15, -0.1) is 0 Å². The zero-order valence-electron chi connectivity index (χ0n) is 15.4. The van der Waals surface area contributed by atoms with Crippen LogP contribution in [0.1, 0.15) is 44.4 Å². The van der Waals surface area contributed by atoms with Gasteiger partial charge in [-0.25, -0.2) is 0 Å². The van der Waals surface area contributed by atoms with Gasteiger partial charge in [0.1, 0.15) is 11.5 Å². The molecule has 0 saturated carbocycles. The molecule has 2 atom stereocenters. The fraction of sp³-hybridized carbons (Fsp3) is 0.381. The first-order valence-corrected chi connectivity index (χ1v) is 8.77. The van der Waals surface area contributed by atoms with Gasteiger partial charge in [0.05, 0.1) is 13.2 Å². The zero-order valence-corrected chi connectivity index (χ0v) is 15.4. The van der Waals surface area contributed by atoms with Crippen molar-refractivity contribution in [2.45, 2.75) is 45.8 Å². The van der Waals surface area contributed by atoms with E-state index in [0.29, 0.717) is 12.2 Å². The Morgan fingerprint density at radius 1 is 1.08 bits per heavy atom. The van der Waals surface area contributed by atoms with Crippen molar-refractivity contribution in [3.63, 3.8) is 0 Å². The Morgan fingerprint density at radius 2 is 1.76 bits per heavy atom. The molecular weight excluding hydrogens is 314 g/mol. The van der Waals surface area contributed by atoms with Crippen molar-refractivity contribution < 1.29 is 14.3 Å². The van der Waals surface area contributed by atoms with Crippen LogP contribution in [0.3, 0.4) is 0 Å². The molecule has 0 aliphatic rings. The van der Waals surface area contributed by atoms with Crippen molar-refractivity contribution in [1.82, 2.24) is 5.32 Å². The second-order valence-electron chi connectivity index (χ2n) is 5.98. The van der Waals surface area contributed by atoms with Gasteiger partial charge < -0.3 is 14.8 Å². The lowest BCUT2D eigenvalue weighted by atomic mass is 10.1. The maximum absolute atomic E-state index is 12.6.